The Bertz CT molecular complexity index is 488. The van der Waals surface area contributed by atoms with Crippen LogP contribution in [0, 0.1) is 0 Å². The Morgan fingerprint density at radius 3 is 2.80 bits per heavy atom. The summed E-state index contributed by atoms with van der Waals surface area (Å²) in [5.74, 6) is -0.0408. The lowest BCUT2D eigenvalue weighted by molar-refractivity contribution is -0.131. The van der Waals surface area contributed by atoms with Crippen LogP contribution in [-0.4, -0.2) is 31.0 Å². The van der Waals surface area contributed by atoms with Gasteiger partial charge in [-0.3, -0.25) is 4.39 Å². The van der Waals surface area contributed by atoms with Crippen LogP contribution >= 0.6 is 15.9 Å². The predicted molar refractivity (Wildman–Crippen MR) is 78.1 cm³/mol. The second kappa shape index (κ2) is 8.58. The van der Waals surface area contributed by atoms with E-state index in [-0.39, 0.29) is 6.61 Å². The van der Waals surface area contributed by atoms with Crippen LogP contribution < -0.4 is 9.47 Å². The summed E-state index contributed by atoms with van der Waals surface area (Å²) in [6, 6.07) is 3.39. The third-order valence-corrected chi connectivity index (χ3v) is 2.86. The van der Waals surface area contributed by atoms with E-state index < -0.39 is 12.6 Å². The zero-order chi connectivity index (χ0) is 15.0. The van der Waals surface area contributed by atoms with Crippen molar-refractivity contribution < 1.29 is 23.8 Å². The molecule has 1 aromatic rings. The number of hydrogen-bond acceptors (Lipinski definition) is 3. The van der Waals surface area contributed by atoms with E-state index in [9.17, 15) is 9.18 Å². The van der Waals surface area contributed by atoms with Gasteiger partial charge in [-0.25, -0.2) is 4.79 Å². The molecular weight excluding hydrogens is 331 g/mol. The Labute approximate surface area is 125 Å². The Balaban J connectivity index is 3.01. The van der Waals surface area contributed by atoms with Crippen molar-refractivity contribution >= 4 is 28.0 Å². The molecule has 110 valence electrons. The molecular formula is C14H16BrFO4. The third kappa shape index (κ3) is 5.21. The third-order valence-electron chi connectivity index (χ3n) is 2.27. The number of ether oxygens (including phenoxy) is 2. The molecule has 0 saturated carbocycles. The molecule has 0 aliphatic carbocycles. The number of aliphatic carboxylic acids is 1. The first-order chi connectivity index (χ1) is 9.58. The second-order valence-electron chi connectivity index (χ2n) is 3.83. The molecule has 20 heavy (non-hydrogen) atoms. The molecule has 0 amide bonds. The zero-order valence-corrected chi connectivity index (χ0v) is 12.7. The van der Waals surface area contributed by atoms with Gasteiger partial charge in [-0.2, -0.15) is 0 Å². The highest BCUT2D eigenvalue weighted by Gasteiger charge is 2.11. The van der Waals surface area contributed by atoms with Crippen LogP contribution in [0.1, 0.15) is 18.9 Å². The smallest absolute Gasteiger partial charge is 0.328 e. The van der Waals surface area contributed by atoms with Crippen LogP contribution in [0.2, 0.25) is 0 Å². The molecule has 0 aliphatic heterocycles. The molecule has 1 rings (SSSR count). The van der Waals surface area contributed by atoms with Gasteiger partial charge < -0.3 is 14.6 Å². The molecule has 0 atom stereocenters. The van der Waals surface area contributed by atoms with E-state index in [1.165, 1.54) is 6.08 Å². The average Bonchev–Trinajstić information content (AvgIpc) is 2.39. The van der Waals surface area contributed by atoms with Crippen molar-refractivity contribution in [3.05, 3.63) is 28.2 Å². The maximum atomic E-state index is 12.1. The lowest BCUT2D eigenvalue weighted by atomic mass is 10.2. The molecule has 6 heteroatoms. The van der Waals surface area contributed by atoms with Crippen molar-refractivity contribution in [2.24, 2.45) is 0 Å². The summed E-state index contributed by atoms with van der Waals surface area (Å²) in [4.78, 5) is 10.5. The minimum atomic E-state index is -1.03. The van der Waals surface area contributed by atoms with Gasteiger partial charge in [0.05, 0.1) is 24.4 Å². The van der Waals surface area contributed by atoms with Crippen LogP contribution in [0.5, 0.6) is 11.5 Å². The van der Waals surface area contributed by atoms with Crippen molar-refractivity contribution in [3.63, 3.8) is 0 Å². The number of carboxylic acids is 1. The van der Waals surface area contributed by atoms with Gasteiger partial charge in [0, 0.05) is 12.5 Å². The van der Waals surface area contributed by atoms with Gasteiger partial charge in [0.2, 0.25) is 0 Å². The molecule has 0 aliphatic rings. The monoisotopic (exact) mass is 346 g/mol. The summed E-state index contributed by atoms with van der Waals surface area (Å²) >= 11 is 3.35. The Morgan fingerprint density at radius 2 is 2.20 bits per heavy atom. The lowest BCUT2D eigenvalue weighted by Crippen LogP contribution is -2.02. The largest absolute Gasteiger partial charge is 0.490 e. The minimum absolute atomic E-state index is 0.249. The van der Waals surface area contributed by atoms with Crippen molar-refractivity contribution in [1.82, 2.24) is 0 Å². The summed E-state index contributed by atoms with van der Waals surface area (Å²) in [5.41, 5.74) is 0.667. The van der Waals surface area contributed by atoms with E-state index in [2.05, 4.69) is 15.9 Å². The average molecular weight is 347 g/mol. The molecule has 0 aromatic heterocycles. The Kier molecular flexibility index (Phi) is 7.08. The number of benzene rings is 1. The highest BCUT2D eigenvalue weighted by Crippen LogP contribution is 2.37. The fourth-order valence-electron chi connectivity index (χ4n) is 1.48. The number of hydrogen-bond donors (Lipinski definition) is 1. The highest BCUT2D eigenvalue weighted by molar-refractivity contribution is 9.10. The number of halogens is 2. The number of alkyl halides is 1. The summed E-state index contributed by atoms with van der Waals surface area (Å²) in [6.45, 7) is 2.08. The van der Waals surface area contributed by atoms with Crippen LogP contribution in [-0.2, 0) is 4.79 Å². The van der Waals surface area contributed by atoms with Gasteiger partial charge in [0.1, 0.15) is 0 Å². The first-order valence-corrected chi connectivity index (χ1v) is 6.94. The van der Waals surface area contributed by atoms with E-state index in [0.29, 0.717) is 34.6 Å². The Morgan fingerprint density at radius 1 is 1.45 bits per heavy atom. The lowest BCUT2D eigenvalue weighted by Gasteiger charge is -2.14. The van der Waals surface area contributed by atoms with Gasteiger partial charge in [-0.05, 0) is 46.6 Å². The standard InChI is InChI=1S/C14H16BrFO4/c1-2-19-12-9-10(4-5-13(17)18)8-11(15)14(12)20-7-3-6-16/h4-5,8-9H,2-3,6-7H2,1H3,(H,17,18)/b5-4+. The molecule has 0 unspecified atom stereocenters. The maximum absolute atomic E-state index is 12.1. The van der Waals surface area contributed by atoms with Crippen molar-refractivity contribution in [3.8, 4) is 11.5 Å². The summed E-state index contributed by atoms with van der Waals surface area (Å²) in [7, 11) is 0. The van der Waals surface area contributed by atoms with Gasteiger partial charge in [0.25, 0.3) is 0 Å². The first kappa shape index (κ1) is 16.5. The molecule has 0 radical (unpaired) electrons. The molecule has 0 fully saturated rings. The van der Waals surface area contributed by atoms with Crippen molar-refractivity contribution in [2.75, 3.05) is 19.9 Å². The minimum Gasteiger partial charge on any atom is -0.490 e. The van der Waals surface area contributed by atoms with Crippen LogP contribution in [0.4, 0.5) is 4.39 Å². The fraction of sp³-hybridized carbons (Fsp3) is 0.357. The van der Waals surface area contributed by atoms with Crippen molar-refractivity contribution in [2.45, 2.75) is 13.3 Å². The van der Waals surface area contributed by atoms with Crippen LogP contribution in [0.3, 0.4) is 0 Å². The van der Waals surface area contributed by atoms with E-state index >= 15 is 0 Å². The quantitative estimate of drug-likeness (QED) is 0.576. The van der Waals surface area contributed by atoms with Crippen molar-refractivity contribution in [1.29, 1.82) is 0 Å². The van der Waals surface area contributed by atoms with E-state index in [4.69, 9.17) is 14.6 Å². The van der Waals surface area contributed by atoms with E-state index in [1.807, 2.05) is 6.92 Å². The number of carbonyl (C=O) groups is 1. The normalized spacial score (nSPS) is 10.8. The SMILES string of the molecule is CCOc1cc(/C=C/C(=O)O)cc(Br)c1OCCCF. The van der Waals surface area contributed by atoms with E-state index in [0.717, 1.165) is 6.08 Å². The van der Waals surface area contributed by atoms with Gasteiger partial charge in [0.15, 0.2) is 11.5 Å². The zero-order valence-electron chi connectivity index (χ0n) is 11.1. The fourth-order valence-corrected chi connectivity index (χ4v) is 2.06. The molecule has 1 aromatic carbocycles. The van der Waals surface area contributed by atoms with Crippen LogP contribution in [0.15, 0.2) is 22.7 Å². The molecule has 1 N–H and O–H groups in total. The van der Waals surface area contributed by atoms with Gasteiger partial charge in [-0.1, -0.05) is 0 Å². The molecule has 0 heterocycles. The summed E-state index contributed by atoms with van der Waals surface area (Å²) in [5, 5.41) is 8.62. The van der Waals surface area contributed by atoms with Gasteiger partial charge >= 0.3 is 5.97 Å². The molecule has 4 nitrogen and oxygen atoms in total. The number of rotatable bonds is 8. The molecule has 0 bridgehead atoms. The highest BCUT2D eigenvalue weighted by atomic mass is 79.9. The van der Waals surface area contributed by atoms with Crippen LogP contribution in [0.25, 0.3) is 6.08 Å². The predicted octanol–water partition coefficient (Wildman–Crippen LogP) is 3.68. The van der Waals surface area contributed by atoms with Gasteiger partial charge in [-0.15, -0.1) is 0 Å². The van der Waals surface area contributed by atoms with E-state index in [1.54, 1.807) is 12.1 Å². The molecule has 0 saturated heterocycles. The molecule has 0 spiro atoms. The number of carboxylic acid groups (broad SMARTS) is 1. The topological polar surface area (TPSA) is 55.8 Å². The second-order valence-corrected chi connectivity index (χ2v) is 4.68. The first-order valence-electron chi connectivity index (χ1n) is 6.14. The summed E-state index contributed by atoms with van der Waals surface area (Å²) < 4.78 is 23.7. The Hall–Kier alpha value is -1.56. The maximum Gasteiger partial charge on any atom is 0.328 e. The summed E-state index contributed by atoms with van der Waals surface area (Å²) in [6.07, 6.45) is 2.81.